The minimum absolute atomic E-state index is 0.0478. The molecule has 0 unspecified atom stereocenters. The molecule has 2 fully saturated rings. The van der Waals surface area contributed by atoms with Crippen LogP contribution in [0, 0.1) is 6.92 Å². The maximum absolute atomic E-state index is 12.2. The van der Waals surface area contributed by atoms with Crippen LogP contribution in [0.4, 0.5) is 0 Å². The number of carbonyl (C=O) groups is 1. The van der Waals surface area contributed by atoms with E-state index in [9.17, 15) is 13.2 Å². The lowest BCUT2D eigenvalue weighted by molar-refractivity contribution is -0.140. The number of amides is 1. The van der Waals surface area contributed by atoms with Gasteiger partial charge in [0.25, 0.3) is 0 Å². The first-order valence-electron chi connectivity index (χ1n) is 8.74. The Morgan fingerprint density at radius 2 is 2.12 bits per heavy atom. The number of benzene rings is 1. The summed E-state index contributed by atoms with van der Waals surface area (Å²) < 4.78 is 28.9. The van der Waals surface area contributed by atoms with Crippen LogP contribution in [-0.4, -0.2) is 74.5 Å². The van der Waals surface area contributed by atoms with Crippen LogP contribution in [0.5, 0.6) is 5.75 Å². The molecule has 3 rings (SSSR count). The standard InChI is InChI=1S/C18H26N2O4S/c1-14-4-3-5-16(10-14)24-17-11-20(12-17)18(21)6-8-19(2)15-7-9-25(22,23)13-15/h3-5,10,15,17H,6-9,11-13H2,1-2H3/t15-/m0/s1. The lowest BCUT2D eigenvalue weighted by Crippen LogP contribution is -2.56. The number of hydrogen-bond acceptors (Lipinski definition) is 5. The first-order valence-corrected chi connectivity index (χ1v) is 10.6. The molecule has 1 aromatic rings. The van der Waals surface area contributed by atoms with E-state index < -0.39 is 9.84 Å². The van der Waals surface area contributed by atoms with Crippen LogP contribution in [-0.2, 0) is 14.6 Å². The molecule has 138 valence electrons. The van der Waals surface area contributed by atoms with Gasteiger partial charge in [-0.2, -0.15) is 0 Å². The van der Waals surface area contributed by atoms with E-state index in [-0.39, 0.29) is 29.6 Å². The van der Waals surface area contributed by atoms with Crippen LogP contribution in [0.25, 0.3) is 0 Å². The van der Waals surface area contributed by atoms with E-state index in [2.05, 4.69) is 0 Å². The van der Waals surface area contributed by atoms with Gasteiger partial charge in [-0.3, -0.25) is 4.79 Å². The lowest BCUT2D eigenvalue weighted by Gasteiger charge is -2.39. The fraction of sp³-hybridized carbons (Fsp3) is 0.611. The van der Waals surface area contributed by atoms with E-state index in [1.54, 1.807) is 4.90 Å². The molecule has 1 atom stereocenters. The van der Waals surface area contributed by atoms with Gasteiger partial charge in [0.05, 0.1) is 24.6 Å². The highest BCUT2D eigenvalue weighted by molar-refractivity contribution is 7.91. The number of likely N-dealkylation sites (tertiary alicyclic amines) is 1. The number of hydrogen-bond donors (Lipinski definition) is 0. The maximum atomic E-state index is 12.2. The highest BCUT2D eigenvalue weighted by Gasteiger charge is 2.33. The molecule has 2 saturated heterocycles. The Labute approximate surface area is 149 Å². The van der Waals surface area contributed by atoms with Gasteiger partial charge in [0.2, 0.25) is 5.91 Å². The fourth-order valence-electron chi connectivity index (χ4n) is 3.33. The summed E-state index contributed by atoms with van der Waals surface area (Å²) in [7, 11) is -0.981. The summed E-state index contributed by atoms with van der Waals surface area (Å²) in [6.45, 7) is 3.86. The van der Waals surface area contributed by atoms with Gasteiger partial charge in [0, 0.05) is 19.0 Å². The molecule has 0 spiro atoms. The molecule has 6 nitrogen and oxygen atoms in total. The van der Waals surface area contributed by atoms with Gasteiger partial charge in [-0.05, 0) is 38.1 Å². The number of ether oxygens (including phenoxy) is 1. The van der Waals surface area contributed by atoms with E-state index in [1.165, 1.54) is 0 Å². The summed E-state index contributed by atoms with van der Waals surface area (Å²) >= 11 is 0. The van der Waals surface area contributed by atoms with Crippen molar-refractivity contribution in [3.63, 3.8) is 0 Å². The average Bonchev–Trinajstić information content (AvgIpc) is 2.88. The van der Waals surface area contributed by atoms with Crippen molar-refractivity contribution in [2.45, 2.75) is 31.9 Å². The Morgan fingerprint density at radius 3 is 2.76 bits per heavy atom. The monoisotopic (exact) mass is 366 g/mol. The summed E-state index contributed by atoms with van der Waals surface area (Å²) in [4.78, 5) is 16.1. The van der Waals surface area contributed by atoms with Crippen LogP contribution in [0.3, 0.4) is 0 Å². The Bertz CT molecular complexity index is 728. The van der Waals surface area contributed by atoms with Gasteiger partial charge in [0.15, 0.2) is 9.84 Å². The molecule has 25 heavy (non-hydrogen) atoms. The van der Waals surface area contributed by atoms with Crippen LogP contribution < -0.4 is 4.74 Å². The van der Waals surface area contributed by atoms with Crippen molar-refractivity contribution in [1.29, 1.82) is 0 Å². The largest absolute Gasteiger partial charge is 0.487 e. The van der Waals surface area contributed by atoms with Crippen molar-refractivity contribution in [2.75, 3.05) is 38.2 Å². The predicted octanol–water partition coefficient (Wildman–Crippen LogP) is 1.09. The highest BCUT2D eigenvalue weighted by Crippen LogP contribution is 2.20. The van der Waals surface area contributed by atoms with Gasteiger partial charge < -0.3 is 14.5 Å². The summed E-state index contributed by atoms with van der Waals surface area (Å²) in [5.74, 6) is 1.43. The molecule has 0 aromatic heterocycles. The number of carbonyl (C=O) groups excluding carboxylic acids is 1. The van der Waals surface area contributed by atoms with Crippen molar-refractivity contribution in [3.8, 4) is 5.75 Å². The maximum Gasteiger partial charge on any atom is 0.224 e. The Morgan fingerprint density at radius 1 is 1.36 bits per heavy atom. The first kappa shape index (κ1) is 18.2. The second kappa shape index (κ2) is 7.33. The van der Waals surface area contributed by atoms with E-state index in [4.69, 9.17) is 4.74 Å². The molecule has 2 heterocycles. The zero-order chi connectivity index (χ0) is 18.0. The molecular weight excluding hydrogens is 340 g/mol. The Hall–Kier alpha value is -1.60. The normalized spacial score (nSPS) is 22.8. The summed E-state index contributed by atoms with van der Waals surface area (Å²) in [5.41, 5.74) is 1.15. The zero-order valence-electron chi connectivity index (χ0n) is 14.8. The van der Waals surface area contributed by atoms with Gasteiger partial charge in [0.1, 0.15) is 11.9 Å². The number of sulfone groups is 1. The molecule has 0 aliphatic carbocycles. The second-order valence-corrected chi connectivity index (χ2v) is 9.37. The number of rotatable bonds is 6. The lowest BCUT2D eigenvalue weighted by atomic mass is 10.1. The molecule has 1 aromatic carbocycles. The third-order valence-electron chi connectivity index (χ3n) is 5.00. The Kier molecular flexibility index (Phi) is 5.34. The van der Waals surface area contributed by atoms with Crippen LogP contribution in [0.1, 0.15) is 18.4 Å². The molecular formula is C18H26N2O4S. The molecule has 0 radical (unpaired) electrons. The van der Waals surface area contributed by atoms with Crippen LogP contribution >= 0.6 is 0 Å². The Balaban J connectivity index is 1.38. The first-order chi connectivity index (χ1) is 11.8. The van der Waals surface area contributed by atoms with Gasteiger partial charge in [-0.25, -0.2) is 8.42 Å². The van der Waals surface area contributed by atoms with Crippen molar-refractivity contribution < 1.29 is 17.9 Å². The average molecular weight is 366 g/mol. The molecule has 2 aliphatic heterocycles. The van der Waals surface area contributed by atoms with Crippen LogP contribution in [0.2, 0.25) is 0 Å². The quantitative estimate of drug-likeness (QED) is 0.754. The minimum atomic E-state index is -2.88. The molecule has 0 saturated carbocycles. The van der Waals surface area contributed by atoms with E-state index in [0.29, 0.717) is 32.5 Å². The minimum Gasteiger partial charge on any atom is -0.487 e. The van der Waals surface area contributed by atoms with Crippen molar-refractivity contribution in [1.82, 2.24) is 9.80 Å². The predicted molar refractivity (Wildman–Crippen MR) is 96.5 cm³/mol. The summed E-state index contributed by atoms with van der Waals surface area (Å²) in [6.07, 6.45) is 1.15. The fourth-order valence-corrected chi connectivity index (χ4v) is 5.14. The molecule has 0 N–H and O–H groups in total. The van der Waals surface area contributed by atoms with E-state index in [0.717, 1.165) is 11.3 Å². The topological polar surface area (TPSA) is 66.9 Å². The van der Waals surface area contributed by atoms with Gasteiger partial charge in [-0.1, -0.05) is 12.1 Å². The third kappa shape index (κ3) is 4.73. The smallest absolute Gasteiger partial charge is 0.224 e. The third-order valence-corrected chi connectivity index (χ3v) is 6.75. The van der Waals surface area contributed by atoms with E-state index in [1.807, 2.05) is 43.1 Å². The van der Waals surface area contributed by atoms with Crippen molar-refractivity contribution in [3.05, 3.63) is 29.8 Å². The molecule has 0 bridgehead atoms. The van der Waals surface area contributed by atoms with Gasteiger partial charge >= 0.3 is 0 Å². The second-order valence-electron chi connectivity index (χ2n) is 7.14. The SMILES string of the molecule is Cc1cccc(OC2CN(C(=O)CCN(C)[C@H]3CCS(=O)(=O)C3)C2)c1. The molecule has 7 heteroatoms. The number of nitrogens with zero attached hydrogens (tertiary/aromatic N) is 2. The van der Waals surface area contributed by atoms with Crippen molar-refractivity contribution in [2.24, 2.45) is 0 Å². The zero-order valence-corrected chi connectivity index (χ0v) is 15.7. The molecule has 2 aliphatic rings. The van der Waals surface area contributed by atoms with Crippen molar-refractivity contribution >= 4 is 15.7 Å². The summed E-state index contributed by atoms with van der Waals surface area (Å²) in [5, 5.41) is 0. The van der Waals surface area contributed by atoms with Gasteiger partial charge in [-0.15, -0.1) is 0 Å². The molecule has 1 amide bonds. The van der Waals surface area contributed by atoms with E-state index >= 15 is 0 Å². The number of aryl methyl sites for hydroxylation is 1. The summed E-state index contributed by atoms with van der Waals surface area (Å²) in [6, 6.07) is 7.96. The van der Waals surface area contributed by atoms with Crippen LogP contribution in [0.15, 0.2) is 24.3 Å². The highest BCUT2D eigenvalue weighted by atomic mass is 32.2.